The van der Waals surface area contributed by atoms with Crippen molar-refractivity contribution in [1.29, 1.82) is 0 Å². The summed E-state index contributed by atoms with van der Waals surface area (Å²) >= 11 is 0. The number of carbonyl (C=O) groups is 2. The van der Waals surface area contributed by atoms with E-state index in [4.69, 9.17) is 5.11 Å². The molecule has 1 unspecified atom stereocenters. The SMILES string of the molecule is O=C(O)CN(CC1CC1)C(=O)C1CCCNC1. The number of carbonyl (C=O) groups excluding carboxylic acids is 1. The third kappa shape index (κ3) is 3.70. The van der Waals surface area contributed by atoms with E-state index in [1.807, 2.05) is 0 Å². The maximum Gasteiger partial charge on any atom is 0.323 e. The van der Waals surface area contributed by atoms with Crippen molar-refractivity contribution >= 4 is 11.9 Å². The number of piperidine rings is 1. The Hall–Kier alpha value is -1.10. The fraction of sp³-hybridized carbons (Fsp3) is 0.833. The molecule has 1 saturated carbocycles. The molecule has 2 N–H and O–H groups in total. The second kappa shape index (κ2) is 5.49. The number of nitrogens with one attached hydrogen (secondary N) is 1. The predicted octanol–water partition coefficient (Wildman–Crippen LogP) is 0.309. The number of amides is 1. The first-order chi connectivity index (χ1) is 8.16. The molecule has 0 aromatic carbocycles. The van der Waals surface area contributed by atoms with Gasteiger partial charge in [0.15, 0.2) is 0 Å². The Bertz CT molecular complexity index is 296. The molecule has 0 spiro atoms. The summed E-state index contributed by atoms with van der Waals surface area (Å²) in [6.07, 6.45) is 4.14. The average molecular weight is 240 g/mol. The van der Waals surface area contributed by atoms with Gasteiger partial charge in [-0.2, -0.15) is 0 Å². The zero-order valence-corrected chi connectivity index (χ0v) is 10.0. The highest BCUT2D eigenvalue weighted by Crippen LogP contribution is 2.30. The van der Waals surface area contributed by atoms with Gasteiger partial charge in [-0.1, -0.05) is 0 Å². The van der Waals surface area contributed by atoms with E-state index in [1.165, 1.54) is 4.90 Å². The van der Waals surface area contributed by atoms with E-state index in [0.717, 1.165) is 32.2 Å². The van der Waals surface area contributed by atoms with Crippen LogP contribution >= 0.6 is 0 Å². The summed E-state index contributed by atoms with van der Waals surface area (Å²) in [4.78, 5) is 24.5. The van der Waals surface area contributed by atoms with Crippen molar-refractivity contribution in [3.63, 3.8) is 0 Å². The van der Waals surface area contributed by atoms with Gasteiger partial charge >= 0.3 is 5.97 Å². The Morgan fingerprint density at radius 3 is 2.59 bits per heavy atom. The van der Waals surface area contributed by atoms with E-state index in [1.54, 1.807) is 0 Å². The van der Waals surface area contributed by atoms with Crippen molar-refractivity contribution < 1.29 is 14.7 Å². The summed E-state index contributed by atoms with van der Waals surface area (Å²) in [6, 6.07) is 0. The monoisotopic (exact) mass is 240 g/mol. The maximum absolute atomic E-state index is 12.2. The van der Waals surface area contributed by atoms with Gasteiger partial charge in [0.05, 0.1) is 5.92 Å². The van der Waals surface area contributed by atoms with Crippen molar-refractivity contribution in [1.82, 2.24) is 10.2 Å². The molecule has 1 amide bonds. The number of carboxylic acids is 1. The lowest BCUT2D eigenvalue weighted by Gasteiger charge is -2.28. The lowest BCUT2D eigenvalue weighted by atomic mass is 9.98. The zero-order chi connectivity index (χ0) is 12.3. The molecule has 0 bridgehead atoms. The third-order valence-corrected chi connectivity index (χ3v) is 3.46. The third-order valence-electron chi connectivity index (χ3n) is 3.46. The van der Waals surface area contributed by atoms with Crippen molar-refractivity contribution in [2.24, 2.45) is 11.8 Å². The summed E-state index contributed by atoms with van der Waals surface area (Å²) in [6.45, 7) is 2.14. The molecule has 1 atom stereocenters. The van der Waals surface area contributed by atoms with Gasteiger partial charge in [-0.15, -0.1) is 0 Å². The molecule has 1 aliphatic carbocycles. The number of nitrogens with zero attached hydrogens (tertiary/aromatic N) is 1. The van der Waals surface area contributed by atoms with Gasteiger partial charge in [0.1, 0.15) is 6.54 Å². The molecule has 0 radical (unpaired) electrons. The van der Waals surface area contributed by atoms with Crippen LogP contribution < -0.4 is 5.32 Å². The highest BCUT2D eigenvalue weighted by molar-refractivity contribution is 5.83. The van der Waals surface area contributed by atoms with Gasteiger partial charge in [0.2, 0.25) is 5.91 Å². The summed E-state index contributed by atoms with van der Waals surface area (Å²) in [5.74, 6) is -0.383. The summed E-state index contributed by atoms with van der Waals surface area (Å²) in [7, 11) is 0. The van der Waals surface area contributed by atoms with E-state index in [2.05, 4.69) is 5.32 Å². The van der Waals surface area contributed by atoms with Gasteiger partial charge in [-0.05, 0) is 38.1 Å². The first-order valence-electron chi connectivity index (χ1n) is 6.38. The topological polar surface area (TPSA) is 69.6 Å². The van der Waals surface area contributed by atoms with Crippen LogP contribution in [0, 0.1) is 11.8 Å². The van der Waals surface area contributed by atoms with Crippen LogP contribution in [0.2, 0.25) is 0 Å². The lowest BCUT2D eigenvalue weighted by Crippen LogP contribution is -2.45. The van der Waals surface area contributed by atoms with E-state index in [9.17, 15) is 9.59 Å². The smallest absolute Gasteiger partial charge is 0.323 e. The second-order valence-electron chi connectivity index (χ2n) is 5.10. The van der Waals surface area contributed by atoms with Crippen LogP contribution in [0.25, 0.3) is 0 Å². The number of aliphatic carboxylic acids is 1. The Morgan fingerprint density at radius 2 is 2.06 bits per heavy atom. The normalized spacial score (nSPS) is 24.4. The Labute approximate surface area is 101 Å². The molecule has 2 rings (SSSR count). The first-order valence-corrected chi connectivity index (χ1v) is 6.38. The van der Waals surface area contributed by atoms with Crippen LogP contribution in [0.4, 0.5) is 0 Å². The molecule has 1 heterocycles. The molecule has 0 aromatic heterocycles. The number of carboxylic acid groups (broad SMARTS) is 1. The first kappa shape index (κ1) is 12.4. The highest BCUT2D eigenvalue weighted by Gasteiger charge is 2.31. The molecule has 1 saturated heterocycles. The quantitative estimate of drug-likeness (QED) is 0.725. The largest absolute Gasteiger partial charge is 0.480 e. The molecule has 0 aromatic rings. The number of rotatable bonds is 5. The molecule has 96 valence electrons. The van der Waals surface area contributed by atoms with E-state index < -0.39 is 5.97 Å². The van der Waals surface area contributed by atoms with Crippen LogP contribution in [-0.2, 0) is 9.59 Å². The fourth-order valence-electron chi connectivity index (χ4n) is 2.33. The van der Waals surface area contributed by atoms with E-state index >= 15 is 0 Å². The summed E-state index contributed by atoms with van der Waals surface area (Å²) < 4.78 is 0. The van der Waals surface area contributed by atoms with Crippen LogP contribution in [-0.4, -0.2) is 48.1 Å². The molecule has 17 heavy (non-hydrogen) atoms. The molecule has 2 fully saturated rings. The van der Waals surface area contributed by atoms with Gasteiger partial charge in [0.25, 0.3) is 0 Å². The molecule has 2 aliphatic rings. The highest BCUT2D eigenvalue weighted by atomic mass is 16.4. The molecular weight excluding hydrogens is 220 g/mol. The van der Waals surface area contributed by atoms with Crippen LogP contribution in [0.1, 0.15) is 25.7 Å². The van der Waals surface area contributed by atoms with Crippen molar-refractivity contribution in [2.75, 3.05) is 26.2 Å². The van der Waals surface area contributed by atoms with Gasteiger partial charge in [-0.3, -0.25) is 9.59 Å². The Kier molecular flexibility index (Phi) is 3.99. The molecule has 1 aliphatic heterocycles. The lowest BCUT2D eigenvalue weighted by molar-refractivity contribution is -0.146. The zero-order valence-electron chi connectivity index (χ0n) is 10.0. The van der Waals surface area contributed by atoms with Crippen molar-refractivity contribution in [3.8, 4) is 0 Å². The summed E-state index contributed by atoms with van der Waals surface area (Å²) in [5, 5.41) is 12.1. The van der Waals surface area contributed by atoms with E-state index in [0.29, 0.717) is 19.0 Å². The summed E-state index contributed by atoms with van der Waals surface area (Å²) in [5.41, 5.74) is 0. The minimum Gasteiger partial charge on any atom is -0.480 e. The Balaban J connectivity index is 1.91. The minimum absolute atomic E-state index is 0.0199. The Morgan fingerprint density at radius 1 is 1.29 bits per heavy atom. The molecular formula is C12H20N2O3. The minimum atomic E-state index is -0.914. The van der Waals surface area contributed by atoms with Gasteiger partial charge in [-0.25, -0.2) is 0 Å². The maximum atomic E-state index is 12.2. The predicted molar refractivity (Wildman–Crippen MR) is 62.5 cm³/mol. The van der Waals surface area contributed by atoms with Gasteiger partial charge < -0.3 is 15.3 Å². The fourth-order valence-corrected chi connectivity index (χ4v) is 2.33. The molecule has 5 nitrogen and oxygen atoms in total. The van der Waals surface area contributed by atoms with Crippen molar-refractivity contribution in [2.45, 2.75) is 25.7 Å². The van der Waals surface area contributed by atoms with Gasteiger partial charge in [0, 0.05) is 13.1 Å². The standard InChI is InChI=1S/C12H20N2O3/c15-11(16)8-14(7-9-3-4-9)12(17)10-2-1-5-13-6-10/h9-10,13H,1-8H2,(H,15,16). The van der Waals surface area contributed by atoms with Crippen LogP contribution in [0.15, 0.2) is 0 Å². The van der Waals surface area contributed by atoms with Crippen molar-refractivity contribution in [3.05, 3.63) is 0 Å². The number of hydrogen-bond acceptors (Lipinski definition) is 3. The molecule has 5 heteroatoms. The number of hydrogen-bond donors (Lipinski definition) is 2. The van der Waals surface area contributed by atoms with Crippen LogP contribution in [0.5, 0.6) is 0 Å². The van der Waals surface area contributed by atoms with Crippen LogP contribution in [0.3, 0.4) is 0 Å². The van der Waals surface area contributed by atoms with E-state index in [-0.39, 0.29) is 18.4 Å². The second-order valence-corrected chi connectivity index (χ2v) is 5.10. The average Bonchev–Trinajstić information content (AvgIpc) is 3.12.